The monoisotopic (exact) mass is 518 g/mol. The van der Waals surface area contributed by atoms with Crippen LogP contribution in [0.3, 0.4) is 0 Å². The fraction of sp³-hybridized carbons (Fsp3) is 0.0833. The number of hydrogen-bond donors (Lipinski definition) is 3. The Bertz CT molecular complexity index is 1570. The largest absolute Gasteiger partial charge is 0.460 e. The van der Waals surface area contributed by atoms with Gasteiger partial charge in [0.05, 0.1) is 32.4 Å². The number of anilines is 3. The molecule has 3 aromatic carbocycles. The first kappa shape index (κ1) is 23.1. The van der Waals surface area contributed by atoms with E-state index in [-0.39, 0.29) is 11.3 Å². The van der Waals surface area contributed by atoms with Crippen LogP contribution in [-0.4, -0.2) is 15.9 Å². The summed E-state index contributed by atoms with van der Waals surface area (Å²) in [5.41, 5.74) is 1.43. The van der Waals surface area contributed by atoms with Crippen LogP contribution in [0, 0.1) is 6.92 Å². The molecule has 0 aliphatic carbocycles. The van der Waals surface area contributed by atoms with Gasteiger partial charge >= 0.3 is 6.18 Å². The van der Waals surface area contributed by atoms with E-state index in [9.17, 15) is 18.0 Å². The molecule has 2 aromatic heterocycles. The number of amides is 1. The quantitative estimate of drug-likeness (QED) is 0.225. The second-order valence-corrected chi connectivity index (χ2v) is 8.57. The van der Waals surface area contributed by atoms with Crippen LogP contribution in [0.4, 0.5) is 30.5 Å². The van der Waals surface area contributed by atoms with Gasteiger partial charge in [0.25, 0.3) is 5.91 Å². The van der Waals surface area contributed by atoms with Crippen molar-refractivity contribution in [3.05, 3.63) is 81.5 Å². The zero-order valence-electron chi connectivity index (χ0n) is 17.8. The number of aromatic amines is 1. The summed E-state index contributed by atoms with van der Waals surface area (Å²) >= 11 is 12.5. The number of halogens is 5. The molecule has 0 bridgehead atoms. The average Bonchev–Trinajstić information content (AvgIpc) is 3.38. The molecule has 0 radical (unpaired) electrons. The Morgan fingerprint density at radius 3 is 2.40 bits per heavy atom. The number of imidazole rings is 1. The van der Waals surface area contributed by atoms with Crippen molar-refractivity contribution in [3.63, 3.8) is 0 Å². The van der Waals surface area contributed by atoms with E-state index >= 15 is 0 Å². The lowest BCUT2D eigenvalue weighted by Gasteiger charge is -2.09. The van der Waals surface area contributed by atoms with Gasteiger partial charge in [0.2, 0.25) is 5.95 Å². The number of nitrogens with zero attached hydrogens (tertiary/aromatic N) is 1. The lowest BCUT2D eigenvalue weighted by molar-refractivity contribution is -0.137. The Balaban J connectivity index is 1.52. The molecule has 0 aliphatic heterocycles. The molecule has 2 heterocycles. The average molecular weight is 519 g/mol. The molecular formula is C24H15Cl2F3N4O2. The molecule has 0 atom stereocenters. The first-order valence-electron chi connectivity index (χ1n) is 10.2. The highest BCUT2D eigenvalue weighted by Crippen LogP contribution is 2.35. The number of H-pyrrole nitrogens is 1. The van der Waals surface area contributed by atoms with E-state index in [1.54, 1.807) is 37.3 Å². The molecular weight excluding hydrogens is 504 g/mol. The summed E-state index contributed by atoms with van der Waals surface area (Å²) in [6.45, 7) is 1.73. The van der Waals surface area contributed by atoms with Gasteiger partial charge in [-0.25, -0.2) is 4.98 Å². The number of alkyl halides is 3. The number of nitrogens with one attached hydrogen (secondary N) is 3. The predicted octanol–water partition coefficient (Wildman–Crippen LogP) is 7.94. The summed E-state index contributed by atoms with van der Waals surface area (Å²) in [6.07, 6.45) is -4.47. The highest BCUT2D eigenvalue weighted by atomic mass is 35.5. The topological polar surface area (TPSA) is 83.0 Å². The first-order chi connectivity index (χ1) is 16.6. The number of benzene rings is 3. The van der Waals surface area contributed by atoms with E-state index in [1.165, 1.54) is 12.1 Å². The number of furan rings is 1. The van der Waals surface area contributed by atoms with E-state index < -0.39 is 17.6 Å². The van der Waals surface area contributed by atoms with Crippen LogP contribution in [0.5, 0.6) is 0 Å². The summed E-state index contributed by atoms with van der Waals surface area (Å²) in [5.74, 6) is 0.349. The SMILES string of the molecule is Cc1cc2c(o1)c(C(=O)Nc1ccc(C(F)(F)F)cc1)cc1[nH]c(Nc3c(Cl)cccc3Cl)nc12. The van der Waals surface area contributed by atoms with Crippen molar-refractivity contribution < 1.29 is 22.4 Å². The maximum Gasteiger partial charge on any atom is 0.416 e. The van der Waals surface area contributed by atoms with E-state index in [2.05, 4.69) is 20.6 Å². The molecule has 178 valence electrons. The molecule has 6 nitrogen and oxygen atoms in total. The van der Waals surface area contributed by atoms with Gasteiger partial charge in [-0.3, -0.25) is 4.79 Å². The number of carbonyl (C=O) groups is 1. The highest BCUT2D eigenvalue weighted by molar-refractivity contribution is 6.39. The number of rotatable bonds is 4. The molecule has 5 rings (SSSR count). The Labute approximate surface area is 206 Å². The molecule has 1 amide bonds. The van der Waals surface area contributed by atoms with E-state index in [0.29, 0.717) is 49.4 Å². The van der Waals surface area contributed by atoms with Crippen LogP contribution in [0.1, 0.15) is 21.7 Å². The van der Waals surface area contributed by atoms with Crippen molar-refractivity contribution in [1.29, 1.82) is 0 Å². The lowest BCUT2D eigenvalue weighted by Crippen LogP contribution is -2.13. The molecule has 11 heteroatoms. The zero-order chi connectivity index (χ0) is 24.9. The number of aromatic nitrogens is 2. The van der Waals surface area contributed by atoms with Gasteiger partial charge in [0.15, 0.2) is 0 Å². The summed E-state index contributed by atoms with van der Waals surface area (Å²) in [5, 5.41) is 7.06. The normalized spacial score (nSPS) is 11.8. The van der Waals surface area contributed by atoms with Gasteiger partial charge in [-0.2, -0.15) is 13.2 Å². The van der Waals surface area contributed by atoms with Crippen molar-refractivity contribution in [2.45, 2.75) is 13.1 Å². The van der Waals surface area contributed by atoms with Crippen LogP contribution >= 0.6 is 23.2 Å². The summed E-state index contributed by atoms with van der Waals surface area (Å²) in [7, 11) is 0. The number of carbonyl (C=O) groups excluding carboxylic acids is 1. The number of para-hydroxylation sites is 1. The molecule has 0 spiro atoms. The molecule has 5 aromatic rings. The third-order valence-electron chi connectivity index (χ3n) is 5.30. The second-order valence-electron chi connectivity index (χ2n) is 7.76. The fourth-order valence-electron chi connectivity index (χ4n) is 3.70. The van der Waals surface area contributed by atoms with Crippen LogP contribution in [0.15, 0.2) is 59.0 Å². The summed E-state index contributed by atoms with van der Waals surface area (Å²) in [6, 6.07) is 12.6. The van der Waals surface area contributed by atoms with Crippen LogP contribution in [0.2, 0.25) is 10.0 Å². The maximum absolute atomic E-state index is 13.1. The van der Waals surface area contributed by atoms with Gasteiger partial charge in [-0.15, -0.1) is 0 Å². The standard InChI is InChI=1S/C24H15Cl2F3N4O2/c1-11-9-14-19-18(31-23(32-19)33-20-16(25)3-2-4-17(20)26)10-15(21(14)35-11)22(34)30-13-7-5-12(6-8-13)24(27,28)29/h2-10H,1H3,(H,30,34)(H2,31,32,33). The van der Waals surface area contributed by atoms with Crippen molar-refractivity contribution in [2.75, 3.05) is 10.6 Å². The van der Waals surface area contributed by atoms with Gasteiger partial charge < -0.3 is 20.0 Å². The van der Waals surface area contributed by atoms with Gasteiger partial charge in [-0.05, 0) is 55.5 Å². The highest BCUT2D eigenvalue weighted by Gasteiger charge is 2.30. The number of hydrogen-bond acceptors (Lipinski definition) is 4. The second kappa shape index (κ2) is 8.51. The van der Waals surface area contributed by atoms with Crippen LogP contribution in [-0.2, 0) is 6.18 Å². The minimum Gasteiger partial charge on any atom is -0.460 e. The predicted molar refractivity (Wildman–Crippen MR) is 130 cm³/mol. The molecule has 0 unspecified atom stereocenters. The van der Waals surface area contributed by atoms with Crippen LogP contribution in [0.25, 0.3) is 22.0 Å². The van der Waals surface area contributed by atoms with Crippen LogP contribution < -0.4 is 10.6 Å². The van der Waals surface area contributed by atoms with E-state index in [4.69, 9.17) is 27.6 Å². The third kappa shape index (κ3) is 4.40. The molecule has 0 saturated heterocycles. The summed E-state index contributed by atoms with van der Waals surface area (Å²) < 4.78 is 44.3. The fourth-order valence-corrected chi connectivity index (χ4v) is 4.19. The Hall–Kier alpha value is -3.69. The molecule has 3 N–H and O–H groups in total. The van der Waals surface area contributed by atoms with Crippen molar-refractivity contribution in [1.82, 2.24) is 9.97 Å². The molecule has 0 saturated carbocycles. The Morgan fingerprint density at radius 2 is 1.74 bits per heavy atom. The van der Waals surface area contributed by atoms with Gasteiger partial charge in [-0.1, -0.05) is 29.3 Å². The van der Waals surface area contributed by atoms with Crippen molar-refractivity contribution in [2.24, 2.45) is 0 Å². The van der Waals surface area contributed by atoms with Gasteiger partial charge in [0.1, 0.15) is 16.9 Å². The maximum atomic E-state index is 13.1. The van der Waals surface area contributed by atoms with E-state index in [0.717, 1.165) is 12.1 Å². The molecule has 0 fully saturated rings. The Morgan fingerprint density at radius 1 is 1.06 bits per heavy atom. The van der Waals surface area contributed by atoms with Gasteiger partial charge in [0, 0.05) is 11.1 Å². The lowest BCUT2D eigenvalue weighted by atomic mass is 10.1. The third-order valence-corrected chi connectivity index (χ3v) is 5.93. The Kier molecular flexibility index (Phi) is 5.61. The number of fused-ring (bicyclic) bond motifs is 3. The van der Waals surface area contributed by atoms with E-state index in [1.807, 2.05) is 0 Å². The zero-order valence-corrected chi connectivity index (χ0v) is 19.4. The number of aryl methyl sites for hydroxylation is 1. The molecule has 0 aliphatic rings. The minimum atomic E-state index is -4.47. The molecule has 35 heavy (non-hydrogen) atoms. The van der Waals surface area contributed by atoms with Crippen molar-refractivity contribution in [3.8, 4) is 0 Å². The first-order valence-corrected chi connectivity index (χ1v) is 11.0. The van der Waals surface area contributed by atoms with Crippen molar-refractivity contribution >= 4 is 68.4 Å². The smallest absolute Gasteiger partial charge is 0.416 e. The minimum absolute atomic E-state index is 0.187. The summed E-state index contributed by atoms with van der Waals surface area (Å²) in [4.78, 5) is 20.7.